The molecule has 90 valence electrons. The lowest BCUT2D eigenvalue weighted by Gasteiger charge is -2.21. The fourth-order valence-corrected chi connectivity index (χ4v) is 2.02. The second-order valence-corrected chi connectivity index (χ2v) is 4.39. The normalized spacial score (nSPS) is 10.5. The number of halogens is 1. The first kappa shape index (κ1) is 13.1. The van der Waals surface area contributed by atoms with Crippen molar-refractivity contribution < 1.29 is 4.73 Å². The number of aryl methyl sites for hydroxylation is 1. The van der Waals surface area contributed by atoms with E-state index in [1.54, 1.807) is 19.1 Å². The van der Waals surface area contributed by atoms with Gasteiger partial charge in [-0.3, -0.25) is 4.90 Å². The van der Waals surface area contributed by atoms with Gasteiger partial charge in [0.15, 0.2) is 0 Å². The molecule has 0 atom stereocenters. The summed E-state index contributed by atoms with van der Waals surface area (Å²) in [6.07, 6.45) is 2.04. The Labute approximate surface area is 102 Å². The van der Waals surface area contributed by atoms with E-state index in [2.05, 4.69) is 18.7 Å². The van der Waals surface area contributed by atoms with Crippen molar-refractivity contribution >= 4 is 17.4 Å². The molecule has 0 aliphatic heterocycles. The first-order valence-corrected chi connectivity index (χ1v) is 6.12. The van der Waals surface area contributed by atoms with Crippen LogP contribution in [0.25, 0.3) is 0 Å². The Morgan fingerprint density at radius 2 is 1.81 bits per heavy atom. The molecule has 1 rings (SSSR count). The van der Waals surface area contributed by atoms with Crippen molar-refractivity contribution in [3.63, 3.8) is 0 Å². The Bertz CT molecular complexity index is 349. The Morgan fingerprint density at radius 1 is 1.25 bits per heavy atom. The smallest absolute Gasteiger partial charge is 0.281 e. The van der Waals surface area contributed by atoms with E-state index in [4.69, 9.17) is 11.6 Å². The summed E-state index contributed by atoms with van der Waals surface area (Å²) < 4.78 is 0.956. The number of anilines is 1. The van der Waals surface area contributed by atoms with Gasteiger partial charge in [-0.15, -0.1) is 0 Å². The first-order valence-electron chi connectivity index (χ1n) is 5.74. The number of nitrogens with zero attached hydrogens (tertiary/aromatic N) is 2. The predicted molar refractivity (Wildman–Crippen MR) is 67.9 cm³/mol. The van der Waals surface area contributed by atoms with Gasteiger partial charge in [0, 0.05) is 6.07 Å². The van der Waals surface area contributed by atoms with Crippen LogP contribution in [0.4, 0.5) is 5.82 Å². The number of rotatable bonds is 5. The molecule has 1 aromatic heterocycles. The molecule has 0 aliphatic rings. The molecule has 0 aromatic carbocycles. The summed E-state index contributed by atoms with van der Waals surface area (Å²) in [5, 5.41) is 12.6. The summed E-state index contributed by atoms with van der Waals surface area (Å²) in [5.74, 6) is 0.661. The minimum Gasteiger partial charge on any atom is -0.710 e. The van der Waals surface area contributed by atoms with E-state index in [0.717, 1.165) is 30.7 Å². The van der Waals surface area contributed by atoms with Gasteiger partial charge in [0.05, 0.1) is 18.1 Å². The molecule has 0 radical (unpaired) electrons. The Kier molecular flexibility index (Phi) is 4.87. The number of aromatic nitrogens is 1. The van der Waals surface area contributed by atoms with Crippen molar-refractivity contribution in [2.24, 2.45) is 0 Å². The summed E-state index contributed by atoms with van der Waals surface area (Å²) in [5.41, 5.74) is 0.639. The fourth-order valence-electron chi connectivity index (χ4n) is 1.76. The average Bonchev–Trinajstić information content (AvgIpc) is 2.23. The SMILES string of the molecule is CCCN(CCC)c1cc(Cl)cc(C)[n+]1[O-]. The molecule has 0 fully saturated rings. The fraction of sp³-hybridized carbons (Fsp3) is 0.583. The highest BCUT2D eigenvalue weighted by Crippen LogP contribution is 2.17. The molecule has 1 aromatic rings. The van der Waals surface area contributed by atoms with E-state index in [9.17, 15) is 5.21 Å². The van der Waals surface area contributed by atoms with Crippen LogP contribution in [0, 0.1) is 12.1 Å². The minimum atomic E-state index is 0.622. The lowest BCUT2D eigenvalue weighted by atomic mass is 10.3. The van der Waals surface area contributed by atoms with Crippen molar-refractivity contribution in [2.75, 3.05) is 18.0 Å². The molecular formula is C12H19ClN2O. The van der Waals surface area contributed by atoms with E-state index in [0.29, 0.717) is 16.5 Å². The number of pyridine rings is 1. The summed E-state index contributed by atoms with van der Waals surface area (Å²) in [6, 6.07) is 3.43. The minimum absolute atomic E-state index is 0.622. The average molecular weight is 243 g/mol. The van der Waals surface area contributed by atoms with Crippen molar-refractivity contribution in [1.29, 1.82) is 0 Å². The molecule has 0 saturated carbocycles. The zero-order valence-electron chi connectivity index (χ0n) is 10.2. The molecule has 0 saturated heterocycles. The van der Waals surface area contributed by atoms with Crippen LogP contribution in [-0.2, 0) is 0 Å². The van der Waals surface area contributed by atoms with Crippen LogP contribution in [0.1, 0.15) is 32.4 Å². The van der Waals surface area contributed by atoms with Crippen molar-refractivity contribution in [3.8, 4) is 0 Å². The molecule has 0 bridgehead atoms. The highest BCUT2D eigenvalue weighted by Gasteiger charge is 2.17. The standard InChI is InChI=1S/C12H19ClN2O/c1-4-6-14(7-5-2)12-9-11(13)8-10(3)15(12)16/h8-9H,4-7H2,1-3H3. The quantitative estimate of drug-likeness (QED) is 0.587. The third-order valence-electron chi connectivity index (χ3n) is 2.45. The molecule has 0 amide bonds. The Balaban J connectivity index is 3.07. The largest absolute Gasteiger partial charge is 0.710 e. The Hall–Kier alpha value is -0.960. The van der Waals surface area contributed by atoms with Gasteiger partial charge < -0.3 is 5.21 Å². The molecule has 0 spiro atoms. The zero-order valence-corrected chi connectivity index (χ0v) is 10.9. The monoisotopic (exact) mass is 242 g/mol. The van der Waals surface area contributed by atoms with E-state index in [1.807, 2.05) is 0 Å². The van der Waals surface area contributed by atoms with Gasteiger partial charge in [0.2, 0.25) is 0 Å². The second-order valence-electron chi connectivity index (χ2n) is 3.95. The van der Waals surface area contributed by atoms with Crippen LogP contribution in [0.3, 0.4) is 0 Å². The molecule has 4 heteroatoms. The van der Waals surface area contributed by atoms with Gasteiger partial charge in [-0.05, 0) is 25.8 Å². The topological polar surface area (TPSA) is 30.2 Å². The molecular weight excluding hydrogens is 224 g/mol. The van der Waals surface area contributed by atoms with Gasteiger partial charge in [-0.2, -0.15) is 0 Å². The maximum Gasteiger partial charge on any atom is 0.281 e. The molecule has 0 unspecified atom stereocenters. The molecule has 0 N–H and O–H groups in total. The van der Waals surface area contributed by atoms with Gasteiger partial charge in [0.25, 0.3) is 5.82 Å². The van der Waals surface area contributed by atoms with E-state index < -0.39 is 0 Å². The van der Waals surface area contributed by atoms with Gasteiger partial charge in [-0.25, -0.2) is 4.73 Å². The Morgan fingerprint density at radius 3 is 2.31 bits per heavy atom. The summed E-state index contributed by atoms with van der Waals surface area (Å²) >= 11 is 5.99. The van der Waals surface area contributed by atoms with Crippen molar-refractivity contribution in [3.05, 3.63) is 28.1 Å². The third-order valence-corrected chi connectivity index (χ3v) is 2.67. The summed E-state index contributed by atoms with van der Waals surface area (Å²) in [4.78, 5) is 2.09. The third kappa shape index (κ3) is 3.01. The van der Waals surface area contributed by atoms with Crippen LogP contribution >= 0.6 is 11.6 Å². The van der Waals surface area contributed by atoms with Gasteiger partial charge in [-0.1, -0.05) is 25.4 Å². The summed E-state index contributed by atoms with van der Waals surface area (Å²) in [7, 11) is 0. The number of hydrogen-bond acceptors (Lipinski definition) is 2. The molecule has 0 aliphatic carbocycles. The number of hydrogen-bond donors (Lipinski definition) is 0. The maximum atomic E-state index is 11.9. The zero-order chi connectivity index (χ0) is 12.1. The van der Waals surface area contributed by atoms with E-state index in [-0.39, 0.29) is 0 Å². The van der Waals surface area contributed by atoms with Gasteiger partial charge in [0.1, 0.15) is 5.69 Å². The van der Waals surface area contributed by atoms with Crippen molar-refractivity contribution in [1.82, 2.24) is 0 Å². The molecule has 3 nitrogen and oxygen atoms in total. The molecule has 16 heavy (non-hydrogen) atoms. The molecule has 1 heterocycles. The van der Waals surface area contributed by atoms with Crippen molar-refractivity contribution in [2.45, 2.75) is 33.6 Å². The highest BCUT2D eigenvalue weighted by molar-refractivity contribution is 6.30. The van der Waals surface area contributed by atoms with Crippen LogP contribution in [0.2, 0.25) is 5.02 Å². The van der Waals surface area contributed by atoms with Gasteiger partial charge >= 0.3 is 0 Å². The van der Waals surface area contributed by atoms with Crippen LogP contribution in [0.5, 0.6) is 0 Å². The maximum absolute atomic E-state index is 11.9. The van der Waals surface area contributed by atoms with Crippen LogP contribution in [0.15, 0.2) is 12.1 Å². The van der Waals surface area contributed by atoms with Crippen LogP contribution < -0.4 is 9.63 Å². The first-order chi connectivity index (χ1) is 7.60. The lowest BCUT2D eigenvalue weighted by Crippen LogP contribution is -2.41. The highest BCUT2D eigenvalue weighted by atomic mass is 35.5. The van der Waals surface area contributed by atoms with E-state index >= 15 is 0 Å². The van der Waals surface area contributed by atoms with Crippen LogP contribution in [-0.4, -0.2) is 13.1 Å². The van der Waals surface area contributed by atoms with E-state index in [1.165, 1.54) is 0 Å². The second kappa shape index (κ2) is 5.94. The lowest BCUT2D eigenvalue weighted by molar-refractivity contribution is -0.599. The predicted octanol–water partition coefficient (Wildman–Crippen LogP) is 2.91. The summed E-state index contributed by atoms with van der Waals surface area (Å²) in [6.45, 7) is 7.76.